The van der Waals surface area contributed by atoms with Gasteiger partial charge in [0, 0.05) is 45.1 Å². The van der Waals surface area contributed by atoms with Crippen molar-refractivity contribution in [2.75, 3.05) is 0 Å². The van der Waals surface area contributed by atoms with Gasteiger partial charge in [0.15, 0.2) is 0 Å². The van der Waals surface area contributed by atoms with Gasteiger partial charge in [0.05, 0.1) is 91.6 Å². The Hall–Kier alpha value is -7.70. The van der Waals surface area contributed by atoms with Crippen LogP contribution >= 0.6 is 0 Å². The summed E-state index contributed by atoms with van der Waals surface area (Å²) in [5.41, 5.74) is 8.91. The molecule has 3 aromatic heterocycles. The van der Waals surface area contributed by atoms with Crippen LogP contribution in [0.15, 0.2) is 109 Å². The zero-order valence-corrected chi connectivity index (χ0v) is 25.0. The average molecular weight is 611 g/mol. The highest BCUT2D eigenvalue weighted by molar-refractivity contribution is 6.12. The van der Waals surface area contributed by atoms with Gasteiger partial charge >= 0.3 is 0 Å². The Kier molecular flexibility index (Phi) is 6.22. The van der Waals surface area contributed by atoms with E-state index in [1.165, 1.54) is 0 Å². The molecule has 8 heteroatoms. The molecule has 0 fully saturated rings. The fourth-order valence-corrected chi connectivity index (χ4v) is 6.65. The van der Waals surface area contributed by atoms with Gasteiger partial charge in [-0.3, -0.25) is 4.98 Å². The zero-order chi connectivity index (χ0) is 32.9. The second kappa shape index (κ2) is 10.7. The standard InChI is InChI=1S/C40H18N8/c41-18-24-2-7-35-30(13-24)31-14-25(19-42)3-8-36(31)47(35)39-11-12-46-23-34(39)29-6-1-28(22-45)17-40(29)48-37-9-4-26(20-43)15-32(37)33-16-27(21-44)5-10-38(33)48/h1-17,23H. The quantitative estimate of drug-likeness (QED) is 0.197. The molecule has 0 amide bonds. The Morgan fingerprint density at radius 2 is 0.771 bits per heavy atom. The van der Waals surface area contributed by atoms with Crippen LogP contribution in [0.1, 0.15) is 27.8 Å². The first-order chi connectivity index (χ1) is 23.6. The fraction of sp³-hybridized carbons (Fsp3) is 0. The maximum Gasteiger partial charge on any atom is 0.0992 e. The van der Waals surface area contributed by atoms with Crippen molar-refractivity contribution in [1.29, 1.82) is 26.3 Å². The highest BCUT2D eigenvalue weighted by atomic mass is 15.0. The van der Waals surface area contributed by atoms with Crippen molar-refractivity contribution < 1.29 is 0 Å². The molecule has 0 spiro atoms. The van der Waals surface area contributed by atoms with Gasteiger partial charge in [-0.15, -0.1) is 0 Å². The lowest BCUT2D eigenvalue weighted by molar-refractivity contribution is 1.14. The zero-order valence-electron chi connectivity index (χ0n) is 25.0. The molecular formula is C40H18N8. The molecule has 8 aromatic rings. The summed E-state index contributed by atoms with van der Waals surface area (Å²) >= 11 is 0. The minimum Gasteiger partial charge on any atom is -0.309 e. The van der Waals surface area contributed by atoms with Crippen molar-refractivity contribution in [1.82, 2.24) is 14.1 Å². The van der Waals surface area contributed by atoms with E-state index >= 15 is 0 Å². The number of pyridine rings is 1. The predicted molar refractivity (Wildman–Crippen MR) is 182 cm³/mol. The van der Waals surface area contributed by atoms with Crippen molar-refractivity contribution in [3.05, 3.63) is 137 Å². The lowest BCUT2D eigenvalue weighted by Gasteiger charge is -2.18. The predicted octanol–water partition coefficient (Wildman–Crippen LogP) is 8.30. The smallest absolute Gasteiger partial charge is 0.0992 e. The van der Waals surface area contributed by atoms with Crippen molar-refractivity contribution in [2.24, 2.45) is 0 Å². The highest BCUT2D eigenvalue weighted by Crippen LogP contribution is 2.41. The van der Waals surface area contributed by atoms with E-state index in [-0.39, 0.29) is 0 Å². The molecule has 0 unspecified atom stereocenters. The number of nitriles is 5. The van der Waals surface area contributed by atoms with E-state index in [0.717, 1.165) is 66.1 Å². The number of benzene rings is 5. The first-order valence-electron chi connectivity index (χ1n) is 14.8. The number of hydrogen-bond donors (Lipinski definition) is 0. The van der Waals surface area contributed by atoms with Gasteiger partial charge in [0.2, 0.25) is 0 Å². The Morgan fingerprint density at radius 1 is 0.396 bits per heavy atom. The average Bonchev–Trinajstić information content (AvgIpc) is 3.65. The number of hydrogen-bond acceptors (Lipinski definition) is 6. The molecule has 0 saturated heterocycles. The van der Waals surface area contributed by atoms with Crippen molar-refractivity contribution in [2.45, 2.75) is 0 Å². The SMILES string of the molecule is N#Cc1ccc(-c2cnccc2-n2c3ccc(C#N)cc3c3cc(C#N)ccc32)c(-n2c3ccc(C#N)cc3c3cc(C#N)ccc32)c1. The summed E-state index contributed by atoms with van der Waals surface area (Å²) in [4.78, 5) is 4.54. The van der Waals surface area contributed by atoms with Gasteiger partial charge in [-0.1, -0.05) is 6.07 Å². The molecule has 0 radical (unpaired) electrons. The van der Waals surface area contributed by atoms with E-state index in [4.69, 9.17) is 0 Å². The van der Waals surface area contributed by atoms with Crippen LogP contribution in [-0.4, -0.2) is 14.1 Å². The summed E-state index contributed by atoms with van der Waals surface area (Å²) < 4.78 is 4.17. The molecule has 0 saturated carbocycles. The van der Waals surface area contributed by atoms with Crippen molar-refractivity contribution in [3.63, 3.8) is 0 Å². The molecule has 3 heterocycles. The molecule has 5 aromatic carbocycles. The maximum atomic E-state index is 10.0. The van der Waals surface area contributed by atoms with E-state index in [1.807, 2.05) is 66.7 Å². The molecule has 0 N–H and O–H groups in total. The molecule has 8 nitrogen and oxygen atoms in total. The van der Waals surface area contributed by atoms with Crippen molar-refractivity contribution in [3.8, 4) is 52.8 Å². The van der Waals surface area contributed by atoms with E-state index in [2.05, 4.69) is 44.5 Å². The lowest BCUT2D eigenvalue weighted by Crippen LogP contribution is -2.02. The third kappa shape index (κ3) is 4.08. The third-order valence-corrected chi connectivity index (χ3v) is 8.74. The van der Waals surface area contributed by atoms with Gasteiger partial charge in [0.1, 0.15) is 0 Å². The monoisotopic (exact) mass is 610 g/mol. The molecule has 0 atom stereocenters. The lowest BCUT2D eigenvalue weighted by atomic mass is 10.0. The molecule has 8 rings (SSSR count). The summed E-state index contributed by atoms with van der Waals surface area (Å²) in [6.45, 7) is 0. The summed E-state index contributed by atoms with van der Waals surface area (Å²) in [5.74, 6) is 0. The van der Waals surface area contributed by atoms with Gasteiger partial charge in [-0.2, -0.15) is 26.3 Å². The van der Waals surface area contributed by atoms with Crippen LogP contribution in [0.4, 0.5) is 0 Å². The Balaban J connectivity index is 1.48. The first kappa shape index (κ1) is 27.8. The molecule has 218 valence electrons. The van der Waals surface area contributed by atoms with Crippen LogP contribution in [0.25, 0.3) is 66.1 Å². The van der Waals surface area contributed by atoms with Crippen LogP contribution in [0.5, 0.6) is 0 Å². The maximum absolute atomic E-state index is 10.0. The van der Waals surface area contributed by atoms with E-state index in [9.17, 15) is 26.3 Å². The topological polar surface area (TPSA) is 142 Å². The largest absolute Gasteiger partial charge is 0.309 e. The second-order valence-electron chi connectivity index (χ2n) is 11.3. The first-order valence-corrected chi connectivity index (χ1v) is 14.8. The molecule has 0 aliphatic heterocycles. The van der Waals surface area contributed by atoms with Gasteiger partial charge in [0.25, 0.3) is 0 Å². The third-order valence-electron chi connectivity index (χ3n) is 8.74. The number of rotatable bonds is 3. The molecule has 48 heavy (non-hydrogen) atoms. The normalized spacial score (nSPS) is 10.8. The number of fused-ring (bicyclic) bond motifs is 6. The number of aromatic nitrogens is 3. The fourth-order valence-electron chi connectivity index (χ4n) is 6.65. The number of nitrogens with zero attached hydrogens (tertiary/aromatic N) is 8. The summed E-state index contributed by atoms with van der Waals surface area (Å²) in [6.07, 6.45) is 3.51. The second-order valence-corrected chi connectivity index (χ2v) is 11.3. The summed E-state index contributed by atoms with van der Waals surface area (Å²) in [6, 6.07) is 40.6. The van der Waals surface area contributed by atoms with E-state index in [1.54, 1.807) is 42.7 Å². The van der Waals surface area contributed by atoms with Crippen LogP contribution in [-0.2, 0) is 0 Å². The van der Waals surface area contributed by atoms with Crippen LogP contribution < -0.4 is 0 Å². The molecule has 0 aliphatic rings. The van der Waals surface area contributed by atoms with Crippen molar-refractivity contribution >= 4 is 43.6 Å². The Morgan fingerprint density at radius 3 is 1.19 bits per heavy atom. The van der Waals surface area contributed by atoms with Gasteiger partial charge in [-0.25, -0.2) is 0 Å². The Labute approximate surface area is 273 Å². The molecule has 0 bridgehead atoms. The van der Waals surface area contributed by atoms with Crippen LogP contribution in [0.2, 0.25) is 0 Å². The summed E-state index contributed by atoms with van der Waals surface area (Å²) in [7, 11) is 0. The van der Waals surface area contributed by atoms with Gasteiger partial charge in [-0.05, 0) is 91.0 Å². The molecule has 0 aliphatic carbocycles. The Bertz CT molecular complexity index is 2760. The van der Waals surface area contributed by atoms with E-state index in [0.29, 0.717) is 27.8 Å². The van der Waals surface area contributed by atoms with E-state index < -0.39 is 0 Å². The molecular weight excluding hydrogens is 592 g/mol. The minimum atomic E-state index is 0.460. The van der Waals surface area contributed by atoms with Crippen LogP contribution in [0, 0.1) is 56.7 Å². The highest BCUT2D eigenvalue weighted by Gasteiger charge is 2.22. The van der Waals surface area contributed by atoms with Gasteiger partial charge < -0.3 is 9.13 Å². The minimum absolute atomic E-state index is 0.460. The summed E-state index contributed by atoms with van der Waals surface area (Å²) in [5, 5.41) is 52.1. The van der Waals surface area contributed by atoms with Crippen LogP contribution in [0.3, 0.4) is 0 Å².